The van der Waals surface area contributed by atoms with E-state index in [4.69, 9.17) is 4.74 Å². The van der Waals surface area contributed by atoms with Crippen LogP contribution >= 0.6 is 0 Å². The molecular weight excluding hydrogens is 228 g/mol. The zero-order chi connectivity index (χ0) is 12.5. The highest BCUT2D eigenvalue weighted by Crippen LogP contribution is 2.23. The molecule has 0 spiro atoms. The van der Waals surface area contributed by atoms with Crippen molar-refractivity contribution in [1.82, 2.24) is 19.2 Å². The predicted molar refractivity (Wildman–Crippen MR) is 68.6 cm³/mol. The molecule has 0 amide bonds. The Morgan fingerprint density at radius 3 is 2.94 bits per heavy atom. The number of imidazole rings is 1. The summed E-state index contributed by atoms with van der Waals surface area (Å²) < 4.78 is 9.14. The number of methoxy groups -OCH3 is 1. The third-order valence-corrected chi connectivity index (χ3v) is 2.92. The fraction of sp³-hybridized carbons (Fsp3) is 0.231. The summed E-state index contributed by atoms with van der Waals surface area (Å²) in [6.45, 7) is 2.92. The number of nitrogens with zero attached hydrogens (tertiary/aromatic N) is 4. The highest BCUT2D eigenvalue weighted by Gasteiger charge is 2.09. The number of hydrogen-bond donors (Lipinski definition) is 0. The first kappa shape index (κ1) is 10.8. The molecule has 3 aromatic rings. The van der Waals surface area contributed by atoms with Gasteiger partial charge in [-0.25, -0.2) is 4.98 Å². The van der Waals surface area contributed by atoms with Gasteiger partial charge in [0.05, 0.1) is 19.0 Å². The van der Waals surface area contributed by atoms with E-state index in [-0.39, 0.29) is 0 Å². The maximum atomic E-state index is 5.30. The summed E-state index contributed by atoms with van der Waals surface area (Å²) >= 11 is 0. The van der Waals surface area contributed by atoms with Gasteiger partial charge < -0.3 is 9.14 Å². The van der Waals surface area contributed by atoms with E-state index in [0.29, 0.717) is 0 Å². The third kappa shape index (κ3) is 1.64. The Morgan fingerprint density at radius 1 is 1.33 bits per heavy atom. The summed E-state index contributed by atoms with van der Waals surface area (Å²) in [6.07, 6.45) is 7.76. The molecule has 0 atom stereocenters. The molecule has 3 heterocycles. The number of hydrogen-bond acceptors (Lipinski definition) is 3. The van der Waals surface area contributed by atoms with Gasteiger partial charge in [0.2, 0.25) is 0 Å². The first-order valence-electron chi connectivity index (χ1n) is 5.86. The first-order valence-corrected chi connectivity index (χ1v) is 5.86. The van der Waals surface area contributed by atoms with Crippen LogP contribution in [0.25, 0.3) is 16.9 Å². The molecule has 0 radical (unpaired) electrons. The highest BCUT2D eigenvalue weighted by atomic mass is 16.5. The van der Waals surface area contributed by atoms with Crippen molar-refractivity contribution >= 4 is 5.65 Å². The van der Waals surface area contributed by atoms with Gasteiger partial charge >= 0.3 is 0 Å². The van der Waals surface area contributed by atoms with Crippen LogP contribution < -0.4 is 4.74 Å². The average Bonchev–Trinajstić information content (AvgIpc) is 3.03. The molecule has 0 aliphatic heterocycles. The second-order valence-electron chi connectivity index (χ2n) is 4.02. The molecule has 0 bridgehead atoms. The van der Waals surface area contributed by atoms with Gasteiger partial charge in [0.1, 0.15) is 0 Å². The van der Waals surface area contributed by atoms with Crippen molar-refractivity contribution in [3.8, 4) is 17.0 Å². The van der Waals surface area contributed by atoms with Gasteiger partial charge in [0.25, 0.3) is 0 Å². The van der Waals surface area contributed by atoms with E-state index < -0.39 is 0 Å². The topological polar surface area (TPSA) is 44.4 Å². The molecular formula is C13H14N4O. The average molecular weight is 242 g/mol. The quantitative estimate of drug-likeness (QED) is 0.707. The van der Waals surface area contributed by atoms with Crippen LogP contribution in [-0.2, 0) is 6.54 Å². The number of aromatic nitrogens is 4. The molecule has 0 N–H and O–H groups in total. The Kier molecular flexibility index (Phi) is 2.51. The van der Waals surface area contributed by atoms with Gasteiger partial charge in [0.15, 0.2) is 11.4 Å². The van der Waals surface area contributed by atoms with Crippen molar-refractivity contribution in [2.75, 3.05) is 7.11 Å². The number of aryl methyl sites for hydroxylation is 1. The molecule has 92 valence electrons. The lowest BCUT2D eigenvalue weighted by Gasteiger charge is -1.99. The molecule has 18 heavy (non-hydrogen) atoms. The summed E-state index contributed by atoms with van der Waals surface area (Å²) in [7, 11) is 1.65. The zero-order valence-electron chi connectivity index (χ0n) is 10.4. The molecule has 5 nitrogen and oxygen atoms in total. The van der Waals surface area contributed by atoms with Gasteiger partial charge in [-0.1, -0.05) is 0 Å². The summed E-state index contributed by atoms with van der Waals surface area (Å²) in [5.74, 6) is 0.770. The lowest BCUT2D eigenvalue weighted by molar-refractivity contribution is 0.417. The maximum absolute atomic E-state index is 5.30. The highest BCUT2D eigenvalue weighted by molar-refractivity contribution is 5.64. The van der Waals surface area contributed by atoms with Crippen molar-refractivity contribution in [1.29, 1.82) is 0 Å². The Balaban J connectivity index is 2.13. The second-order valence-corrected chi connectivity index (χ2v) is 4.02. The second kappa shape index (κ2) is 4.18. The molecule has 5 heteroatoms. The number of fused-ring (bicyclic) bond motifs is 1. The molecule has 0 fully saturated rings. The van der Waals surface area contributed by atoms with Crippen LogP contribution in [0.3, 0.4) is 0 Å². The van der Waals surface area contributed by atoms with Crippen molar-refractivity contribution in [2.24, 2.45) is 0 Å². The molecule has 3 aromatic heterocycles. The Labute approximate surface area is 105 Å². The van der Waals surface area contributed by atoms with Gasteiger partial charge in [0, 0.05) is 30.7 Å². The minimum absolute atomic E-state index is 0.770. The van der Waals surface area contributed by atoms with Crippen LogP contribution in [0.1, 0.15) is 6.92 Å². The van der Waals surface area contributed by atoms with Crippen molar-refractivity contribution in [3.05, 3.63) is 36.9 Å². The van der Waals surface area contributed by atoms with E-state index >= 15 is 0 Å². The molecule has 0 saturated heterocycles. The van der Waals surface area contributed by atoms with E-state index in [9.17, 15) is 0 Å². The Morgan fingerprint density at radius 2 is 2.22 bits per heavy atom. The van der Waals surface area contributed by atoms with Crippen molar-refractivity contribution in [2.45, 2.75) is 13.5 Å². The molecule has 3 rings (SSSR count). The molecule has 0 aliphatic carbocycles. The standard InChI is InChI=1S/C13H14N4O/c1-3-17-8-10(7-14-17)11-9-16-6-4-5-12(18-2)13(16)15-11/h4-9H,3H2,1-2H3. The monoisotopic (exact) mass is 242 g/mol. The molecule has 0 unspecified atom stereocenters. The zero-order valence-corrected chi connectivity index (χ0v) is 10.4. The van der Waals surface area contributed by atoms with Gasteiger partial charge in [-0.05, 0) is 19.1 Å². The van der Waals surface area contributed by atoms with E-state index in [1.54, 1.807) is 7.11 Å². The number of pyridine rings is 1. The largest absolute Gasteiger partial charge is 0.493 e. The smallest absolute Gasteiger partial charge is 0.180 e. The van der Waals surface area contributed by atoms with Crippen LogP contribution in [0, 0.1) is 0 Å². The van der Waals surface area contributed by atoms with Gasteiger partial charge in [-0.2, -0.15) is 5.10 Å². The number of ether oxygens (including phenoxy) is 1. The van der Waals surface area contributed by atoms with E-state index in [2.05, 4.69) is 17.0 Å². The SMILES string of the molecule is CCn1cc(-c2cn3cccc(OC)c3n2)cn1. The van der Waals surface area contributed by atoms with Crippen LogP contribution in [-0.4, -0.2) is 26.3 Å². The van der Waals surface area contributed by atoms with E-state index in [1.165, 1.54) is 0 Å². The fourth-order valence-corrected chi connectivity index (χ4v) is 1.95. The first-order chi connectivity index (χ1) is 8.81. The summed E-state index contributed by atoms with van der Waals surface area (Å²) in [5, 5.41) is 4.26. The Hall–Kier alpha value is -2.30. The summed E-state index contributed by atoms with van der Waals surface area (Å²) in [5.41, 5.74) is 2.74. The van der Waals surface area contributed by atoms with Crippen LogP contribution in [0.2, 0.25) is 0 Å². The fourth-order valence-electron chi connectivity index (χ4n) is 1.95. The van der Waals surface area contributed by atoms with Crippen molar-refractivity contribution < 1.29 is 4.74 Å². The van der Waals surface area contributed by atoms with E-state index in [1.807, 2.05) is 46.0 Å². The van der Waals surface area contributed by atoms with Crippen molar-refractivity contribution in [3.63, 3.8) is 0 Å². The Bertz CT molecular complexity index is 683. The lowest BCUT2D eigenvalue weighted by atomic mass is 10.3. The molecule has 0 saturated carbocycles. The van der Waals surface area contributed by atoms with E-state index in [0.717, 1.165) is 29.2 Å². The minimum Gasteiger partial charge on any atom is -0.493 e. The van der Waals surface area contributed by atoms with Crippen LogP contribution in [0.5, 0.6) is 5.75 Å². The van der Waals surface area contributed by atoms with Gasteiger partial charge in [-0.15, -0.1) is 0 Å². The number of rotatable bonds is 3. The maximum Gasteiger partial charge on any atom is 0.180 e. The van der Waals surface area contributed by atoms with Crippen LogP contribution in [0.4, 0.5) is 0 Å². The predicted octanol–water partition coefficient (Wildman–Crippen LogP) is 2.23. The van der Waals surface area contributed by atoms with Gasteiger partial charge in [-0.3, -0.25) is 4.68 Å². The molecule has 0 aromatic carbocycles. The van der Waals surface area contributed by atoms with Crippen LogP contribution in [0.15, 0.2) is 36.9 Å². The lowest BCUT2D eigenvalue weighted by Crippen LogP contribution is -1.91. The summed E-state index contributed by atoms with van der Waals surface area (Å²) in [6, 6.07) is 3.84. The molecule has 0 aliphatic rings. The minimum atomic E-state index is 0.770. The third-order valence-electron chi connectivity index (χ3n) is 2.92. The summed E-state index contributed by atoms with van der Waals surface area (Å²) in [4.78, 5) is 4.59. The normalized spacial score (nSPS) is 11.0.